The summed E-state index contributed by atoms with van der Waals surface area (Å²) < 4.78 is 5.81. The average molecular weight is 274 g/mol. The van der Waals surface area contributed by atoms with Crippen LogP contribution in [-0.2, 0) is 24.2 Å². The lowest BCUT2D eigenvalue weighted by molar-refractivity contribution is -0.0592. The molecule has 0 radical (unpaired) electrons. The van der Waals surface area contributed by atoms with Gasteiger partial charge in [0.2, 0.25) is 0 Å². The second-order valence-corrected chi connectivity index (χ2v) is 6.12. The molecule has 0 spiro atoms. The van der Waals surface area contributed by atoms with E-state index in [-0.39, 0.29) is 0 Å². The van der Waals surface area contributed by atoms with E-state index in [0.717, 1.165) is 32.8 Å². The highest BCUT2D eigenvalue weighted by Crippen LogP contribution is 2.23. The van der Waals surface area contributed by atoms with Crippen molar-refractivity contribution in [3.05, 3.63) is 34.9 Å². The van der Waals surface area contributed by atoms with Crippen LogP contribution in [0.25, 0.3) is 0 Å². The van der Waals surface area contributed by atoms with E-state index in [4.69, 9.17) is 4.74 Å². The van der Waals surface area contributed by atoms with Crippen LogP contribution in [0.4, 0.5) is 0 Å². The van der Waals surface area contributed by atoms with Gasteiger partial charge in [0.1, 0.15) is 0 Å². The molecule has 0 saturated carbocycles. The molecule has 2 aliphatic rings. The molecule has 0 bridgehead atoms. The number of fused-ring (bicyclic) bond motifs is 1. The molecule has 0 aromatic heterocycles. The highest BCUT2D eigenvalue weighted by Gasteiger charge is 2.26. The van der Waals surface area contributed by atoms with Gasteiger partial charge in [-0.05, 0) is 43.0 Å². The Labute approximate surface area is 122 Å². The van der Waals surface area contributed by atoms with E-state index in [9.17, 15) is 0 Å². The van der Waals surface area contributed by atoms with Gasteiger partial charge in [-0.15, -0.1) is 0 Å². The van der Waals surface area contributed by atoms with Crippen LogP contribution in [0.2, 0.25) is 0 Å². The zero-order chi connectivity index (χ0) is 13.9. The Kier molecular flexibility index (Phi) is 4.39. The van der Waals surface area contributed by atoms with E-state index in [1.54, 1.807) is 5.56 Å². The molecule has 2 aliphatic heterocycles. The maximum absolute atomic E-state index is 5.81. The third kappa shape index (κ3) is 2.90. The zero-order valence-electron chi connectivity index (χ0n) is 12.7. The van der Waals surface area contributed by atoms with Crippen LogP contribution < -0.4 is 5.32 Å². The van der Waals surface area contributed by atoms with Crippen LogP contribution in [0, 0.1) is 0 Å². The van der Waals surface area contributed by atoms with Crippen molar-refractivity contribution in [1.82, 2.24) is 10.2 Å². The molecule has 3 nitrogen and oxygen atoms in total. The molecule has 2 unspecified atom stereocenters. The summed E-state index contributed by atoms with van der Waals surface area (Å²) in [6, 6.07) is 7.37. The normalized spacial score (nSPS) is 27.3. The summed E-state index contributed by atoms with van der Waals surface area (Å²) in [4.78, 5) is 2.62. The van der Waals surface area contributed by atoms with Crippen molar-refractivity contribution >= 4 is 0 Å². The molecule has 0 aliphatic carbocycles. The van der Waals surface area contributed by atoms with E-state index in [1.807, 2.05) is 0 Å². The molecule has 110 valence electrons. The fraction of sp³-hybridized carbons (Fsp3) is 0.647. The molecule has 1 N–H and O–H groups in total. The Morgan fingerprint density at radius 2 is 2.30 bits per heavy atom. The van der Waals surface area contributed by atoms with Crippen molar-refractivity contribution in [3.8, 4) is 0 Å². The predicted octanol–water partition coefficient (Wildman–Crippen LogP) is 2.33. The van der Waals surface area contributed by atoms with Gasteiger partial charge in [0.15, 0.2) is 0 Å². The van der Waals surface area contributed by atoms with Gasteiger partial charge in [0, 0.05) is 25.7 Å². The van der Waals surface area contributed by atoms with Gasteiger partial charge < -0.3 is 10.1 Å². The van der Waals surface area contributed by atoms with E-state index in [0.29, 0.717) is 12.1 Å². The van der Waals surface area contributed by atoms with Crippen molar-refractivity contribution in [1.29, 1.82) is 0 Å². The Hall–Kier alpha value is -0.900. The number of nitrogens with one attached hydrogen (secondary N) is 1. The summed E-state index contributed by atoms with van der Waals surface area (Å²) in [5.41, 5.74) is 4.60. The van der Waals surface area contributed by atoms with Crippen LogP contribution in [-0.4, -0.2) is 36.7 Å². The molecule has 0 amide bonds. The standard InChI is InChI=1S/C17H26N2O/c1-3-16-12-20-13(2)10-19(16)11-15-6-4-5-14-9-18-8-7-17(14)15/h4-6,13,16,18H,3,7-12H2,1-2H3. The van der Waals surface area contributed by atoms with Crippen LogP contribution in [0.1, 0.15) is 37.0 Å². The fourth-order valence-corrected chi connectivity index (χ4v) is 3.46. The van der Waals surface area contributed by atoms with E-state index in [1.165, 1.54) is 24.0 Å². The number of ether oxygens (including phenoxy) is 1. The average Bonchev–Trinajstić information content (AvgIpc) is 2.48. The van der Waals surface area contributed by atoms with Crippen molar-refractivity contribution in [2.75, 3.05) is 19.7 Å². The number of hydrogen-bond acceptors (Lipinski definition) is 3. The first-order valence-electron chi connectivity index (χ1n) is 7.94. The molecule has 20 heavy (non-hydrogen) atoms. The van der Waals surface area contributed by atoms with Gasteiger partial charge in [-0.25, -0.2) is 0 Å². The first kappa shape index (κ1) is 14.1. The first-order valence-corrected chi connectivity index (χ1v) is 7.94. The van der Waals surface area contributed by atoms with Gasteiger partial charge in [-0.1, -0.05) is 25.1 Å². The van der Waals surface area contributed by atoms with Crippen molar-refractivity contribution in [2.45, 2.75) is 51.9 Å². The minimum absolute atomic E-state index is 0.360. The van der Waals surface area contributed by atoms with Crippen LogP contribution >= 0.6 is 0 Å². The van der Waals surface area contributed by atoms with Crippen LogP contribution in [0.3, 0.4) is 0 Å². The lowest BCUT2D eigenvalue weighted by atomic mass is 9.94. The van der Waals surface area contributed by atoms with Crippen LogP contribution in [0.5, 0.6) is 0 Å². The van der Waals surface area contributed by atoms with Crippen molar-refractivity contribution in [2.24, 2.45) is 0 Å². The topological polar surface area (TPSA) is 24.5 Å². The Morgan fingerprint density at radius 3 is 3.15 bits per heavy atom. The van der Waals surface area contributed by atoms with E-state index in [2.05, 4.69) is 42.3 Å². The molecule has 1 saturated heterocycles. The molecule has 1 aromatic carbocycles. The molecule has 1 aromatic rings. The highest BCUT2D eigenvalue weighted by molar-refractivity contribution is 5.37. The Bertz CT molecular complexity index is 460. The molecule has 1 fully saturated rings. The summed E-state index contributed by atoms with van der Waals surface area (Å²) >= 11 is 0. The maximum Gasteiger partial charge on any atom is 0.0674 e. The van der Waals surface area contributed by atoms with Gasteiger partial charge in [0.05, 0.1) is 12.7 Å². The summed E-state index contributed by atoms with van der Waals surface area (Å²) in [7, 11) is 0. The van der Waals surface area contributed by atoms with Gasteiger partial charge >= 0.3 is 0 Å². The second-order valence-electron chi connectivity index (χ2n) is 6.12. The Morgan fingerprint density at radius 1 is 1.40 bits per heavy atom. The summed E-state index contributed by atoms with van der Waals surface area (Å²) in [6.07, 6.45) is 2.70. The molecular formula is C17H26N2O. The zero-order valence-corrected chi connectivity index (χ0v) is 12.7. The van der Waals surface area contributed by atoms with Crippen molar-refractivity contribution in [3.63, 3.8) is 0 Å². The predicted molar refractivity (Wildman–Crippen MR) is 81.8 cm³/mol. The minimum atomic E-state index is 0.360. The quantitative estimate of drug-likeness (QED) is 0.915. The van der Waals surface area contributed by atoms with Gasteiger partial charge in [0.25, 0.3) is 0 Å². The minimum Gasteiger partial charge on any atom is -0.376 e. The fourth-order valence-electron chi connectivity index (χ4n) is 3.46. The number of benzene rings is 1. The molecular weight excluding hydrogens is 248 g/mol. The van der Waals surface area contributed by atoms with E-state index >= 15 is 0 Å². The smallest absolute Gasteiger partial charge is 0.0674 e. The molecule has 3 heteroatoms. The largest absolute Gasteiger partial charge is 0.376 e. The second kappa shape index (κ2) is 6.25. The van der Waals surface area contributed by atoms with Crippen molar-refractivity contribution < 1.29 is 4.74 Å². The monoisotopic (exact) mass is 274 g/mol. The number of rotatable bonds is 3. The summed E-state index contributed by atoms with van der Waals surface area (Å²) in [5.74, 6) is 0. The third-order valence-electron chi connectivity index (χ3n) is 4.66. The lowest BCUT2D eigenvalue weighted by Gasteiger charge is -2.39. The number of hydrogen-bond donors (Lipinski definition) is 1. The third-order valence-corrected chi connectivity index (χ3v) is 4.66. The highest BCUT2D eigenvalue weighted by atomic mass is 16.5. The summed E-state index contributed by atoms with van der Waals surface area (Å²) in [6.45, 7) is 9.61. The Balaban J connectivity index is 1.79. The maximum atomic E-state index is 5.81. The van der Waals surface area contributed by atoms with E-state index < -0.39 is 0 Å². The van der Waals surface area contributed by atoms with Crippen LogP contribution in [0.15, 0.2) is 18.2 Å². The number of nitrogens with zero attached hydrogens (tertiary/aromatic N) is 1. The number of morpholine rings is 1. The first-order chi connectivity index (χ1) is 9.78. The SMILES string of the molecule is CCC1COC(C)CN1Cc1cccc2c1CCNC2. The van der Waals surface area contributed by atoms with Gasteiger partial charge in [-0.3, -0.25) is 4.90 Å². The molecule has 2 heterocycles. The molecule has 2 atom stereocenters. The summed E-state index contributed by atoms with van der Waals surface area (Å²) in [5, 5.41) is 3.47. The molecule has 3 rings (SSSR count). The lowest BCUT2D eigenvalue weighted by Crippen LogP contribution is -2.48. The van der Waals surface area contributed by atoms with Gasteiger partial charge in [-0.2, -0.15) is 0 Å².